The van der Waals surface area contributed by atoms with Gasteiger partial charge in [0.1, 0.15) is 6.61 Å². The van der Waals surface area contributed by atoms with E-state index in [-0.39, 0.29) is 40.3 Å². The molecule has 0 aliphatic heterocycles. The molecule has 0 atom stereocenters. The van der Waals surface area contributed by atoms with Crippen molar-refractivity contribution in [3.8, 4) is 17.4 Å². The molecule has 11 heteroatoms. The summed E-state index contributed by atoms with van der Waals surface area (Å²) in [6.07, 6.45) is 4.27. The molecule has 0 saturated heterocycles. The average molecular weight is 539 g/mol. The fraction of sp³-hybridized carbons (Fsp3) is 0.167. The SMILES string of the molecule is CN(C)CCOc1cc(Cl)c(Cl)cc1Oc1ncccc1C(=O)C=Cc1cccc([N+](=O)[O-])c1.Cl. The van der Waals surface area contributed by atoms with Gasteiger partial charge in [-0.05, 0) is 37.9 Å². The van der Waals surface area contributed by atoms with E-state index in [1.165, 1.54) is 36.5 Å². The molecule has 0 N–H and O–H groups in total. The van der Waals surface area contributed by atoms with Gasteiger partial charge in [0.15, 0.2) is 17.3 Å². The number of nitrogens with zero attached hydrogens (tertiary/aromatic N) is 3. The number of nitro benzene ring substituents is 1. The number of hydrogen-bond donors (Lipinski definition) is 0. The highest BCUT2D eigenvalue weighted by Gasteiger charge is 2.17. The van der Waals surface area contributed by atoms with Crippen molar-refractivity contribution in [3.63, 3.8) is 0 Å². The molecule has 3 aromatic rings. The molecular weight excluding hydrogens is 517 g/mol. The summed E-state index contributed by atoms with van der Waals surface area (Å²) >= 11 is 12.3. The monoisotopic (exact) mass is 537 g/mol. The number of ketones is 1. The zero-order chi connectivity index (χ0) is 24.7. The van der Waals surface area contributed by atoms with Crippen molar-refractivity contribution in [2.75, 3.05) is 27.2 Å². The number of pyridine rings is 1. The van der Waals surface area contributed by atoms with Gasteiger partial charge in [-0.15, -0.1) is 12.4 Å². The maximum atomic E-state index is 12.9. The molecule has 184 valence electrons. The van der Waals surface area contributed by atoms with Gasteiger partial charge < -0.3 is 14.4 Å². The van der Waals surface area contributed by atoms with Crippen LogP contribution in [-0.2, 0) is 0 Å². The molecule has 8 nitrogen and oxygen atoms in total. The van der Waals surface area contributed by atoms with Crippen molar-refractivity contribution < 1.29 is 19.2 Å². The maximum absolute atomic E-state index is 12.9. The van der Waals surface area contributed by atoms with Gasteiger partial charge in [0, 0.05) is 37.0 Å². The molecule has 0 radical (unpaired) electrons. The normalized spacial score (nSPS) is 10.8. The molecule has 2 aromatic carbocycles. The number of likely N-dealkylation sites (N-methyl/N-ethyl adjacent to an activating group) is 1. The van der Waals surface area contributed by atoms with Crippen molar-refractivity contribution in [2.45, 2.75) is 0 Å². The number of rotatable bonds is 10. The van der Waals surface area contributed by atoms with Crippen molar-refractivity contribution >= 4 is 53.2 Å². The van der Waals surface area contributed by atoms with E-state index in [0.29, 0.717) is 29.5 Å². The zero-order valence-corrected chi connectivity index (χ0v) is 21.1. The maximum Gasteiger partial charge on any atom is 0.270 e. The summed E-state index contributed by atoms with van der Waals surface area (Å²) in [5.74, 6) is 0.257. The van der Waals surface area contributed by atoms with Gasteiger partial charge in [0.2, 0.25) is 5.88 Å². The third kappa shape index (κ3) is 7.93. The Morgan fingerprint density at radius 3 is 2.51 bits per heavy atom. The molecular formula is C24H22Cl3N3O5. The van der Waals surface area contributed by atoms with Crippen LogP contribution in [0.3, 0.4) is 0 Å². The average Bonchev–Trinajstić information content (AvgIpc) is 2.81. The van der Waals surface area contributed by atoms with Crippen LogP contribution in [0.2, 0.25) is 10.0 Å². The number of aromatic nitrogens is 1. The van der Waals surface area contributed by atoms with E-state index in [4.69, 9.17) is 32.7 Å². The van der Waals surface area contributed by atoms with Crippen molar-refractivity contribution in [1.82, 2.24) is 9.88 Å². The number of non-ortho nitro benzene ring substituents is 1. The number of carbonyl (C=O) groups excluding carboxylic acids is 1. The van der Waals surface area contributed by atoms with E-state index in [1.807, 2.05) is 19.0 Å². The summed E-state index contributed by atoms with van der Waals surface area (Å²) < 4.78 is 11.7. The van der Waals surface area contributed by atoms with Gasteiger partial charge in [0.05, 0.1) is 20.5 Å². The van der Waals surface area contributed by atoms with Crippen LogP contribution >= 0.6 is 35.6 Å². The Morgan fingerprint density at radius 2 is 1.83 bits per heavy atom. The third-order valence-electron chi connectivity index (χ3n) is 4.53. The smallest absolute Gasteiger partial charge is 0.270 e. The van der Waals surface area contributed by atoms with Crippen LogP contribution in [0.5, 0.6) is 17.4 Å². The predicted octanol–water partition coefficient (Wildman–Crippen LogP) is 6.35. The topological polar surface area (TPSA) is 94.8 Å². The van der Waals surface area contributed by atoms with Gasteiger partial charge in [-0.1, -0.05) is 41.4 Å². The van der Waals surface area contributed by atoms with E-state index in [1.54, 1.807) is 30.3 Å². The molecule has 0 aliphatic carbocycles. The molecule has 1 aromatic heterocycles. The van der Waals surface area contributed by atoms with E-state index < -0.39 is 10.7 Å². The number of ether oxygens (including phenoxy) is 2. The first-order valence-electron chi connectivity index (χ1n) is 10.1. The van der Waals surface area contributed by atoms with Gasteiger partial charge in [-0.3, -0.25) is 14.9 Å². The highest BCUT2D eigenvalue weighted by molar-refractivity contribution is 6.42. The van der Waals surface area contributed by atoms with Gasteiger partial charge in [-0.2, -0.15) is 0 Å². The lowest BCUT2D eigenvalue weighted by Crippen LogP contribution is -2.19. The second kappa shape index (κ2) is 13.1. The first-order chi connectivity index (χ1) is 16.2. The Hall–Kier alpha value is -3.17. The Balaban J connectivity index is 0.00000432. The molecule has 35 heavy (non-hydrogen) atoms. The van der Waals surface area contributed by atoms with E-state index >= 15 is 0 Å². The Bertz CT molecular complexity index is 1230. The summed E-state index contributed by atoms with van der Waals surface area (Å²) in [5.41, 5.74) is 0.630. The van der Waals surface area contributed by atoms with Crippen LogP contribution < -0.4 is 9.47 Å². The Morgan fingerprint density at radius 1 is 1.11 bits per heavy atom. The van der Waals surface area contributed by atoms with Crippen LogP contribution in [-0.4, -0.2) is 47.8 Å². The minimum atomic E-state index is -0.498. The summed E-state index contributed by atoms with van der Waals surface area (Å²) in [7, 11) is 3.84. The van der Waals surface area contributed by atoms with Crippen molar-refractivity contribution in [2.24, 2.45) is 0 Å². The lowest BCUT2D eigenvalue weighted by atomic mass is 10.1. The molecule has 3 rings (SSSR count). The number of halogens is 3. The minimum Gasteiger partial charge on any atom is -0.488 e. The number of benzene rings is 2. The van der Waals surface area contributed by atoms with Crippen LogP contribution in [0, 0.1) is 10.1 Å². The predicted molar refractivity (Wildman–Crippen MR) is 139 cm³/mol. The van der Waals surface area contributed by atoms with Crippen molar-refractivity contribution in [3.05, 3.63) is 92.1 Å². The highest BCUT2D eigenvalue weighted by atomic mass is 35.5. The lowest BCUT2D eigenvalue weighted by Gasteiger charge is -2.16. The zero-order valence-electron chi connectivity index (χ0n) is 18.8. The molecule has 0 unspecified atom stereocenters. The quantitative estimate of drug-likeness (QED) is 0.128. The molecule has 0 fully saturated rings. The summed E-state index contributed by atoms with van der Waals surface area (Å²) in [5, 5.41) is 11.5. The summed E-state index contributed by atoms with van der Waals surface area (Å²) in [6.45, 7) is 1.04. The Labute approximate surface area is 218 Å². The van der Waals surface area contributed by atoms with Gasteiger partial charge in [-0.25, -0.2) is 4.98 Å². The molecule has 0 bridgehead atoms. The number of allylic oxidation sites excluding steroid dienone is 1. The molecule has 0 amide bonds. The fourth-order valence-corrected chi connectivity index (χ4v) is 3.12. The summed E-state index contributed by atoms with van der Waals surface area (Å²) in [4.78, 5) is 29.5. The van der Waals surface area contributed by atoms with E-state index in [0.717, 1.165) is 0 Å². The Kier molecular flexibility index (Phi) is 10.5. The van der Waals surface area contributed by atoms with Crippen LogP contribution in [0.1, 0.15) is 15.9 Å². The first kappa shape index (κ1) is 28.1. The van der Waals surface area contributed by atoms with Crippen molar-refractivity contribution in [1.29, 1.82) is 0 Å². The second-order valence-corrected chi connectivity index (χ2v) is 8.19. The second-order valence-electron chi connectivity index (χ2n) is 7.37. The fourth-order valence-electron chi connectivity index (χ4n) is 2.81. The van der Waals surface area contributed by atoms with Gasteiger partial charge >= 0.3 is 0 Å². The minimum absolute atomic E-state index is 0. The first-order valence-corrected chi connectivity index (χ1v) is 10.9. The van der Waals surface area contributed by atoms with Crippen LogP contribution in [0.25, 0.3) is 6.08 Å². The molecule has 0 spiro atoms. The van der Waals surface area contributed by atoms with Crippen LogP contribution in [0.15, 0.2) is 60.8 Å². The third-order valence-corrected chi connectivity index (χ3v) is 5.26. The van der Waals surface area contributed by atoms with Gasteiger partial charge in [0.25, 0.3) is 5.69 Å². The standard InChI is InChI=1S/C24H21Cl2N3O5.ClH/c1-28(2)11-12-33-22-14-19(25)20(26)15-23(22)34-24-18(7-4-10-27-24)21(30)9-8-16-5-3-6-17(13-16)29(31)32;/h3-10,13-15H,11-12H2,1-2H3;1H. The van der Waals surface area contributed by atoms with Crippen LogP contribution in [0.4, 0.5) is 5.69 Å². The number of nitro groups is 1. The van der Waals surface area contributed by atoms with E-state index in [9.17, 15) is 14.9 Å². The molecule has 0 aliphatic rings. The summed E-state index contributed by atoms with van der Waals surface area (Å²) in [6, 6.07) is 12.2. The molecule has 1 heterocycles. The lowest BCUT2D eigenvalue weighted by molar-refractivity contribution is -0.384. The largest absolute Gasteiger partial charge is 0.488 e. The highest BCUT2D eigenvalue weighted by Crippen LogP contribution is 2.38. The van der Waals surface area contributed by atoms with E-state index in [2.05, 4.69) is 4.98 Å². The molecule has 0 saturated carbocycles. The number of carbonyl (C=O) groups is 1. The number of hydrogen-bond acceptors (Lipinski definition) is 7.